The summed E-state index contributed by atoms with van der Waals surface area (Å²) in [5.74, 6) is -0.582. The number of imidazole rings is 1. The van der Waals surface area contributed by atoms with Crippen LogP contribution >= 0.6 is 15.9 Å². The molecule has 64 valence electrons. The number of fused-ring (bicyclic) bond motifs is 1. The van der Waals surface area contributed by atoms with Crippen molar-refractivity contribution in [1.82, 2.24) is 9.97 Å². The average Bonchev–Trinajstić information content (AvgIpc) is 2.47. The number of hydrogen-bond acceptors (Lipinski definition) is 2. The third kappa shape index (κ3) is 1.19. The van der Waals surface area contributed by atoms with E-state index in [1.165, 1.54) is 6.07 Å². The number of aromatic amines is 1. The van der Waals surface area contributed by atoms with E-state index in [1.54, 1.807) is 12.1 Å². The van der Waals surface area contributed by atoms with Gasteiger partial charge in [-0.05, 0) is 28.1 Å². The number of rotatable bonds is 0. The van der Waals surface area contributed by atoms with Crippen LogP contribution in [0.4, 0.5) is 4.39 Å². The highest BCUT2D eigenvalue weighted by Gasteiger charge is 2.10. The molecule has 3 nitrogen and oxygen atoms in total. The Hall–Kier alpha value is -1.41. The van der Waals surface area contributed by atoms with Crippen molar-refractivity contribution in [3.05, 3.63) is 28.2 Å². The fraction of sp³-hybridized carbons (Fsp3) is 0. The van der Waals surface area contributed by atoms with Crippen LogP contribution in [-0.4, -0.2) is 9.97 Å². The van der Waals surface area contributed by atoms with E-state index >= 15 is 0 Å². The van der Waals surface area contributed by atoms with Crippen LogP contribution in [0.2, 0.25) is 0 Å². The summed E-state index contributed by atoms with van der Waals surface area (Å²) in [5, 5.41) is 8.54. The maximum atomic E-state index is 13.4. The second-order valence-corrected chi connectivity index (χ2v) is 3.21. The molecule has 1 aromatic carbocycles. The molecular weight excluding hydrogens is 237 g/mol. The number of benzene rings is 1. The first-order valence-corrected chi connectivity index (χ1v) is 4.25. The smallest absolute Gasteiger partial charge is 0.175 e. The van der Waals surface area contributed by atoms with Crippen molar-refractivity contribution >= 4 is 27.0 Å². The third-order valence-electron chi connectivity index (χ3n) is 1.68. The molecule has 2 rings (SSSR count). The van der Waals surface area contributed by atoms with E-state index in [0.29, 0.717) is 10.3 Å². The molecule has 0 aliphatic heterocycles. The van der Waals surface area contributed by atoms with Gasteiger partial charge in [0.15, 0.2) is 10.6 Å². The Morgan fingerprint density at radius 2 is 2.31 bits per heavy atom. The van der Waals surface area contributed by atoms with Gasteiger partial charge in [-0.1, -0.05) is 0 Å². The SMILES string of the molecule is N#Cc1ccc2[nH]c(Br)nc2c1F. The lowest BCUT2D eigenvalue weighted by Gasteiger charge is -1.92. The summed E-state index contributed by atoms with van der Waals surface area (Å²) in [6, 6.07) is 4.79. The first kappa shape index (κ1) is 8.20. The summed E-state index contributed by atoms with van der Waals surface area (Å²) in [6.07, 6.45) is 0. The van der Waals surface area contributed by atoms with Crippen molar-refractivity contribution in [3.63, 3.8) is 0 Å². The molecule has 0 aliphatic rings. The monoisotopic (exact) mass is 239 g/mol. The minimum absolute atomic E-state index is 0.00602. The molecular formula is C8H3BrFN3. The number of aromatic nitrogens is 2. The van der Waals surface area contributed by atoms with Gasteiger partial charge in [-0.15, -0.1) is 0 Å². The van der Waals surface area contributed by atoms with E-state index in [4.69, 9.17) is 5.26 Å². The normalized spacial score (nSPS) is 10.2. The minimum atomic E-state index is -0.582. The molecule has 13 heavy (non-hydrogen) atoms. The van der Waals surface area contributed by atoms with Crippen LogP contribution in [0.1, 0.15) is 5.56 Å². The predicted molar refractivity (Wildman–Crippen MR) is 48.5 cm³/mol. The molecule has 1 aromatic heterocycles. The number of nitrogens with one attached hydrogen (secondary N) is 1. The molecule has 0 saturated heterocycles. The van der Waals surface area contributed by atoms with Crippen LogP contribution in [0.25, 0.3) is 11.0 Å². The average molecular weight is 240 g/mol. The van der Waals surface area contributed by atoms with Gasteiger partial charge < -0.3 is 4.98 Å². The topological polar surface area (TPSA) is 52.5 Å². The Labute approximate surface area is 81.3 Å². The van der Waals surface area contributed by atoms with Crippen molar-refractivity contribution < 1.29 is 4.39 Å². The number of H-pyrrole nitrogens is 1. The second kappa shape index (κ2) is 2.82. The highest BCUT2D eigenvalue weighted by molar-refractivity contribution is 9.10. The molecule has 0 unspecified atom stereocenters. The van der Waals surface area contributed by atoms with Crippen LogP contribution in [0.3, 0.4) is 0 Å². The van der Waals surface area contributed by atoms with Crippen molar-refractivity contribution in [2.75, 3.05) is 0 Å². The van der Waals surface area contributed by atoms with Crippen LogP contribution in [0.5, 0.6) is 0 Å². The standard InChI is InChI=1S/C8H3BrFN3/c9-8-12-5-2-1-4(3-11)6(10)7(5)13-8/h1-2H,(H,12,13). The molecule has 1 N–H and O–H groups in total. The summed E-state index contributed by atoms with van der Waals surface area (Å²) >= 11 is 3.09. The Morgan fingerprint density at radius 3 is 3.00 bits per heavy atom. The molecule has 0 fully saturated rings. The number of halogens is 2. The van der Waals surface area contributed by atoms with Crippen molar-refractivity contribution in [2.24, 2.45) is 0 Å². The molecule has 2 aromatic rings. The lowest BCUT2D eigenvalue weighted by Crippen LogP contribution is -1.84. The van der Waals surface area contributed by atoms with Crippen LogP contribution in [0.15, 0.2) is 16.9 Å². The van der Waals surface area contributed by atoms with Gasteiger partial charge in [0.05, 0.1) is 11.1 Å². The molecule has 0 amide bonds. The fourth-order valence-corrected chi connectivity index (χ4v) is 1.49. The summed E-state index contributed by atoms with van der Waals surface area (Å²) in [6.45, 7) is 0. The highest BCUT2D eigenvalue weighted by atomic mass is 79.9. The molecule has 1 heterocycles. The van der Waals surface area contributed by atoms with Gasteiger partial charge in [-0.3, -0.25) is 0 Å². The van der Waals surface area contributed by atoms with Gasteiger partial charge in [-0.2, -0.15) is 5.26 Å². The van der Waals surface area contributed by atoms with Crippen molar-refractivity contribution in [1.29, 1.82) is 5.26 Å². The number of hydrogen-bond donors (Lipinski definition) is 1. The van der Waals surface area contributed by atoms with Gasteiger partial charge in [0.1, 0.15) is 11.6 Å². The summed E-state index contributed by atoms with van der Waals surface area (Å²) in [7, 11) is 0. The van der Waals surface area contributed by atoms with Crippen LogP contribution in [-0.2, 0) is 0 Å². The molecule has 0 spiro atoms. The van der Waals surface area contributed by atoms with Crippen LogP contribution in [0, 0.1) is 17.1 Å². The predicted octanol–water partition coefficient (Wildman–Crippen LogP) is 2.34. The largest absolute Gasteiger partial charge is 0.332 e. The molecule has 5 heteroatoms. The van der Waals surface area contributed by atoms with E-state index in [-0.39, 0.29) is 11.1 Å². The Kier molecular flexibility index (Phi) is 1.78. The maximum absolute atomic E-state index is 13.4. The summed E-state index contributed by atoms with van der Waals surface area (Å²) in [4.78, 5) is 6.66. The van der Waals surface area contributed by atoms with E-state index < -0.39 is 5.82 Å². The van der Waals surface area contributed by atoms with Crippen LogP contribution < -0.4 is 0 Å². The van der Waals surface area contributed by atoms with E-state index in [2.05, 4.69) is 25.9 Å². The number of nitrogens with zero attached hydrogens (tertiary/aromatic N) is 2. The third-order valence-corrected chi connectivity index (χ3v) is 2.06. The zero-order chi connectivity index (χ0) is 9.42. The molecule has 0 atom stereocenters. The van der Waals surface area contributed by atoms with Crippen molar-refractivity contribution in [2.45, 2.75) is 0 Å². The molecule has 0 bridgehead atoms. The fourth-order valence-electron chi connectivity index (χ4n) is 1.10. The van der Waals surface area contributed by atoms with E-state index in [0.717, 1.165) is 0 Å². The number of nitriles is 1. The Balaban J connectivity index is 2.87. The quantitative estimate of drug-likeness (QED) is 0.768. The Morgan fingerprint density at radius 1 is 1.54 bits per heavy atom. The molecule has 0 aliphatic carbocycles. The van der Waals surface area contributed by atoms with Gasteiger partial charge in [0, 0.05) is 0 Å². The lowest BCUT2D eigenvalue weighted by molar-refractivity contribution is 0.633. The minimum Gasteiger partial charge on any atom is -0.332 e. The first-order valence-electron chi connectivity index (χ1n) is 3.46. The summed E-state index contributed by atoms with van der Waals surface area (Å²) in [5.41, 5.74) is 0.765. The lowest BCUT2D eigenvalue weighted by atomic mass is 10.2. The Bertz CT molecular complexity index is 512. The van der Waals surface area contributed by atoms with Crippen molar-refractivity contribution in [3.8, 4) is 6.07 Å². The highest BCUT2D eigenvalue weighted by Crippen LogP contribution is 2.20. The maximum Gasteiger partial charge on any atom is 0.175 e. The van der Waals surface area contributed by atoms with Gasteiger partial charge in [0.2, 0.25) is 0 Å². The zero-order valence-electron chi connectivity index (χ0n) is 6.31. The summed E-state index contributed by atoms with van der Waals surface area (Å²) < 4.78 is 13.8. The van der Waals surface area contributed by atoms with Gasteiger partial charge in [0.25, 0.3) is 0 Å². The van der Waals surface area contributed by atoms with Gasteiger partial charge >= 0.3 is 0 Å². The second-order valence-electron chi connectivity index (χ2n) is 2.46. The first-order chi connectivity index (χ1) is 6.22. The van der Waals surface area contributed by atoms with Gasteiger partial charge in [-0.25, -0.2) is 9.37 Å². The molecule has 0 radical (unpaired) electrons. The van der Waals surface area contributed by atoms with E-state index in [9.17, 15) is 4.39 Å². The zero-order valence-corrected chi connectivity index (χ0v) is 7.89. The van der Waals surface area contributed by atoms with E-state index in [1.807, 2.05) is 0 Å². The molecule has 0 saturated carbocycles.